The Labute approximate surface area is 309 Å². The lowest BCUT2D eigenvalue weighted by Crippen LogP contribution is -1.98. The Hall–Kier alpha value is -7.04. The first-order valence-corrected chi connectivity index (χ1v) is 17.8. The fourth-order valence-electron chi connectivity index (χ4n) is 7.16. The van der Waals surface area contributed by atoms with Crippen molar-refractivity contribution in [2.24, 2.45) is 0 Å². The summed E-state index contributed by atoms with van der Waals surface area (Å²) in [5.74, 6) is 0.863. The summed E-state index contributed by atoms with van der Waals surface area (Å²) < 4.78 is 2.16. The van der Waals surface area contributed by atoms with Gasteiger partial charge in [-0.3, -0.25) is 9.55 Å². The van der Waals surface area contributed by atoms with Crippen molar-refractivity contribution in [1.82, 2.24) is 14.5 Å². The van der Waals surface area contributed by atoms with Crippen LogP contribution in [0.25, 0.3) is 72.7 Å². The first-order chi connectivity index (χ1) is 26.2. The molecule has 1 N–H and O–H groups in total. The number of aromatic nitrogens is 3. The van der Waals surface area contributed by atoms with Gasteiger partial charge in [0, 0.05) is 23.0 Å². The average molecular weight is 682 g/mol. The maximum absolute atomic E-state index is 11.1. The normalized spacial score (nSPS) is 11.2. The predicted octanol–water partition coefficient (Wildman–Crippen LogP) is 12.1. The highest BCUT2D eigenvalue weighted by atomic mass is 16.3. The highest BCUT2D eigenvalue weighted by Crippen LogP contribution is 2.40. The van der Waals surface area contributed by atoms with Crippen LogP contribution < -0.4 is 0 Å². The second-order valence-corrected chi connectivity index (χ2v) is 13.3. The number of nitrogens with zero attached hydrogens (tertiary/aromatic N) is 3. The quantitative estimate of drug-likeness (QED) is 0.174. The summed E-state index contributed by atoms with van der Waals surface area (Å²) in [6.07, 6.45) is 2.74. The molecule has 252 valence electrons. The van der Waals surface area contributed by atoms with Crippen LogP contribution in [-0.4, -0.2) is 19.6 Å². The molecule has 9 aromatic rings. The summed E-state index contributed by atoms with van der Waals surface area (Å²) in [5, 5.41) is 11.1. The first-order valence-electron chi connectivity index (χ1n) is 17.8. The molecule has 4 nitrogen and oxygen atoms in total. The van der Waals surface area contributed by atoms with Crippen molar-refractivity contribution >= 4 is 11.0 Å². The maximum Gasteiger partial charge on any atom is 0.149 e. The fraction of sp³-hybridized carbons (Fsp3) is 0.0204. The molecule has 0 aliphatic carbocycles. The molecule has 0 spiro atoms. The number of fused-ring (bicyclic) bond motifs is 1. The summed E-state index contributed by atoms with van der Waals surface area (Å²) in [6.45, 7) is 0. The Morgan fingerprint density at radius 2 is 1.06 bits per heavy atom. The number of aromatic hydroxyl groups is 1. The number of phenols is 1. The fourth-order valence-corrected chi connectivity index (χ4v) is 7.16. The number of rotatable bonds is 8. The number of phenolic OH excluding ortho intramolecular Hbond substituents is 1. The monoisotopic (exact) mass is 681 g/mol. The van der Waals surface area contributed by atoms with E-state index >= 15 is 0 Å². The Morgan fingerprint density at radius 1 is 0.453 bits per heavy atom. The van der Waals surface area contributed by atoms with Crippen LogP contribution in [0.5, 0.6) is 5.75 Å². The van der Waals surface area contributed by atoms with Crippen molar-refractivity contribution in [1.29, 1.82) is 0 Å². The number of hydrogen-bond acceptors (Lipinski definition) is 3. The minimum atomic E-state index is 0.184. The molecule has 0 aliphatic heterocycles. The van der Waals surface area contributed by atoms with E-state index in [4.69, 9.17) is 9.97 Å². The van der Waals surface area contributed by atoms with Crippen molar-refractivity contribution in [2.45, 2.75) is 6.42 Å². The molecule has 9 rings (SSSR count). The molecule has 0 amide bonds. The zero-order valence-electron chi connectivity index (χ0n) is 29.0. The Balaban J connectivity index is 1.22. The Morgan fingerprint density at radius 3 is 1.79 bits per heavy atom. The average Bonchev–Trinajstić information content (AvgIpc) is 3.62. The van der Waals surface area contributed by atoms with Crippen LogP contribution in [0.1, 0.15) is 11.1 Å². The number of imidazole rings is 1. The lowest BCUT2D eigenvalue weighted by Gasteiger charge is -2.13. The zero-order valence-corrected chi connectivity index (χ0v) is 29.0. The van der Waals surface area contributed by atoms with Gasteiger partial charge in [-0.2, -0.15) is 0 Å². The lowest BCUT2D eigenvalue weighted by molar-refractivity contribution is 0.477. The van der Waals surface area contributed by atoms with Crippen molar-refractivity contribution in [3.8, 4) is 67.5 Å². The van der Waals surface area contributed by atoms with Gasteiger partial charge in [0.1, 0.15) is 11.6 Å². The van der Waals surface area contributed by atoms with E-state index in [1.54, 1.807) is 6.07 Å². The van der Waals surface area contributed by atoms with Gasteiger partial charge in [0.05, 0.1) is 22.3 Å². The molecule has 0 aliphatic rings. The van der Waals surface area contributed by atoms with Crippen molar-refractivity contribution in [3.05, 3.63) is 205 Å². The van der Waals surface area contributed by atoms with Gasteiger partial charge in [0.25, 0.3) is 0 Å². The number of pyridine rings is 1. The van der Waals surface area contributed by atoms with Crippen LogP contribution in [0.15, 0.2) is 194 Å². The number of benzene rings is 7. The van der Waals surface area contributed by atoms with Crippen LogP contribution in [0.2, 0.25) is 0 Å². The molecule has 2 heterocycles. The molecule has 0 unspecified atom stereocenters. The highest BCUT2D eigenvalue weighted by molar-refractivity contribution is 5.97. The second-order valence-electron chi connectivity index (χ2n) is 13.3. The van der Waals surface area contributed by atoms with Crippen LogP contribution in [0, 0.1) is 0 Å². The van der Waals surface area contributed by atoms with Gasteiger partial charge >= 0.3 is 0 Å². The van der Waals surface area contributed by atoms with E-state index in [1.807, 2.05) is 42.6 Å². The van der Waals surface area contributed by atoms with E-state index in [2.05, 4.69) is 150 Å². The van der Waals surface area contributed by atoms with Crippen LogP contribution in [0.4, 0.5) is 0 Å². The van der Waals surface area contributed by atoms with E-state index in [-0.39, 0.29) is 5.75 Å². The standard InChI is InChI=1S/C49H35N3O/c53-47-22-11-10-19-44(47)49-51-48-43(20-12-21-46(48)52(49)42-25-23-35(24-26-42)29-34-13-4-1-5-14-34)40-30-39(37-17-8-3-9-18-37)31-41(32-40)45-33-38(27-28-50-45)36-15-6-2-7-16-36/h1-28,30-33,53H,29H2. The van der Waals surface area contributed by atoms with Crippen molar-refractivity contribution < 1.29 is 5.11 Å². The van der Waals surface area contributed by atoms with Gasteiger partial charge in [-0.15, -0.1) is 0 Å². The van der Waals surface area contributed by atoms with Crippen LogP contribution in [0.3, 0.4) is 0 Å². The molecule has 0 fully saturated rings. The van der Waals surface area contributed by atoms with Gasteiger partial charge < -0.3 is 5.11 Å². The Kier molecular flexibility index (Phi) is 8.39. The van der Waals surface area contributed by atoms with Gasteiger partial charge in [-0.1, -0.05) is 127 Å². The molecule has 2 aromatic heterocycles. The first kappa shape index (κ1) is 31.9. The molecule has 53 heavy (non-hydrogen) atoms. The molecule has 4 heteroatoms. The Bertz CT molecular complexity index is 2680. The van der Waals surface area contributed by atoms with Crippen molar-refractivity contribution in [3.63, 3.8) is 0 Å². The van der Waals surface area contributed by atoms with Crippen LogP contribution in [-0.2, 0) is 6.42 Å². The van der Waals surface area contributed by atoms with E-state index in [9.17, 15) is 5.11 Å². The third-order valence-electron chi connectivity index (χ3n) is 9.79. The smallest absolute Gasteiger partial charge is 0.149 e. The molecular formula is C49H35N3O. The SMILES string of the molecule is Oc1ccccc1-c1nc2c(-c3cc(-c4ccccc4)cc(-c4cc(-c5ccccc5)ccn4)c3)cccc2n1-c1ccc(Cc2ccccc2)cc1. The minimum absolute atomic E-state index is 0.184. The van der Waals surface area contributed by atoms with E-state index in [0.717, 1.165) is 67.8 Å². The number of para-hydroxylation sites is 2. The van der Waals surface area contributed by atoms with Crippen molar-refractivity contribution in [2.75, 3.05) is 0 Å². The summed E-state index contributed by atoms with van der Waals surface area (Å²) in [7, 11) is 0. The molecular weight excluding hydrogens is 647 g/mol. The summed E-state index contributed by atoms with van der Waals surface area (Å²) in [4.78, 5) is 10.2. The molecule has 0 radical (unpaired) electrons. The summed E-state index contributed by atoms with van der Waals surface area (Å²) >= 11 is 0. The van der Waals surface area contributed by atoms with Crippen LogP contribution >= 0.6 is 0 Å². The molecule has 0 saturated heterocycles. The molecule has 0 bridgehead atoms. The largest absolute Gasteiger partial charge is 0.507 e. The second kappa shape index (κ2) is 13.9. The summed E-state index contributed by atoms with van der Waals surface area (Å²) in [6, 6.07) is 64.7. The lowest BCUT2D eigenvalue weighted by atomic mass is 9.93. The molecule has 0 saturated carbocycles. The maximum atomic E-state index is 11.1. The zero-order chi connectivity index (χ0) is 35.6. The number of hydrogen-bond donors (Lipinski definition) is 1. The van der Waals surface area contributed by atoms with E-state index in [1.165, 1.54) is 11.1 Å². The van der Waals surface area contributed by atoms with Gasteiger partial charge in [-0.25, -0.2) is 4.98 Å². The highest BCUT2D eigenvalue weighted by Gasteiger charge is 2.20. The molecule has 7 aromatic carbocycles. The summed E-state index contributed by atoms with van der Waals surface area (Å²) in [5.41, 5.74) is 14.4. The van der Waals surface area contributed by atoms with E-state index < -0.39 is 0 Å². The third-order valence-corrected chi connectivity index (χ3v) is 9.79. The topological polar surface area (TPSA) is 50.9 Å². The van der Waals surface area contributed by atoms with Gasteiger partial charge in [-0.05, 0) is 106 Å². The van der Waals surface area contributed by atoms with Gasteiger partial charge in [0.2, 0.25) is 0 Å². The predicted molar refractivity (Wildman–Crippen MR) is 217 cm³/mol. The minimum Gasteiger partial charge on any atom is -0.507 e. The third kappa shape index (κ3) is 6.39. The molecule has 0 atom stereocenters. The van der Waals surface area contributed by atoms with Gasteiger partial charge in [0.15, 0.2) is 0 Å². The van der Waals surface area contributed by atoms with E-state index in [0.29, 0.717) is 11.4 Å².